The zero-order valence-corrected chi connectivity index (χ0v) is 17.0. The maximum Gasteiger partial charge on any atom is 0.315 e. The molecule has 1 atom stereocenters. The second-order valence-electron chi connectivity index (χ2n) is 7.09. The zero-order valence-electron chi connectivity index (χ0n) is 14.6. The molecular formula is C18H22BrN3O2S. The van der Waals surface area contributed by atoms with Crippen LogP contribution >= 0.6 is 27.3 Å². The van der Waals surface area contributed by atoms with E-state index in [2.05, 4.69) is 52.3 Å². The number of hydrogen-bond acceptors (Lipinski definition) is 4. The quantitative estimate of drug-likeness (QED) is 0.761. The molecule has 7 heteroatoms. The molecule has 1 unspecified atom stereocenters. The Balaban J connectivity index is 1.59. The Kier molecular flexibility index (Phi) is 5.34. The molecule has 25 heavy (non-hydrogen) atoms. The Morgan fingerprint density at radius 1 is 1.44 bits per heavy atom. The second-order valence-corrected chi connectivity index (χ2v) is 8.87. The number of carbonyl (C=O) groups is 1. The highest BCUT2D eigenvalue weighted by molar-refractivity contribution is 9.10. The number of halogens is 1. The van der Waals surface area contributed by atoms with Gasteiger partial charge in [0.2, 0.25) is 0 Å². The Hall–Kier alpha value is -1.60. The maximum atomic E-state index is 12.3. The lowest BCUT2D eigenvalue weighted by atomic mass is 9.98. The first-order chi connectivity index (χ1) is 11.8. The molecular weight excluding hydrogens is 402 g/mol. The van der Waals surface area contributed by atoms with Crippen molar-refractivity contribution in [2.75, 3.05) is 6.61 Å². The van der Waals surface area contributed by atoms with E-state index in [0.29, 0.717) is 13.2 Å². The van der Waals surface area contributed by atoms with Crippen molar-refractivity contribution in [3.63, 3.8) is 0 Å². The van der Waals surface area contributed by atoms with Gasteiger partial charge in [0.25, 0.3) is 0 Å². The van der Waals surface area contributed by atoms with E-state index in [1.165, 1.54) is 0 Å². The average Bonchev–Trinajstić information content (AvgIpc) is 3.03. The molecule has 0 spiro atoms. The first-order valence-electron chi connectivity index (χ1n) is 8.24. The molecule has 1 aliphatic heterocycles. The number of nitrogens with zero attached hydrogens (tertiary/aromatic N) is 1. The van der Waals surface area contributed by atoms with Gasteiger partial charge in [-0.1, -0.05) is 36.7 Å². The third-order valence-corrected chi connectivity index (χ3v) is 5.75. The van der Waals surface area contributed by atoms with Gasteiger partial charge in [0.1, 0.15) is 5.75 Å². The molecule has 0 saturated heterocycles. The highest BCUT2D eigenvalue weighted by atomic mass is 79.9. The van der Waals surface area contributed by atoms with Crippen LogP contribution in [0.25, 0.3) is 0 Å². The third kappa shape index (κ3) is 4.52. The summed E-state index contributed by atoms with van der Waals surface area (Å²) in [5.74, 6) is 0.828. The van der Waals surface area contributed by atoms with E-state index in [0.717, 1.165) is 32.9 Å². The van der Waals surface area contributed by atoms with Gasteiger partial charge in [-0.15, -0.1) is 11.3 Å². The fourth-order valence-corrected chi connectivity index (χ4v) is 3.91. The molecule has 1 aromatic heterocycles. The van der Waals surface area contributed by atoms with Crippen LogP contribution in [0.5, 0.6) is 5.75 Å². The summed E-state index contributed by atoms with van der Waals surface area (Å²) >= 11 is 5.10. The smallest absolute Gasteiger partial charge is 0.315 e. The molecule has 2 heterocycles. The fraction of sp³-hybridized carbons (Fsp3) is 0.444. The van der Waals surface area contributed by atoms with Crippen molar-refractivity contribution in [1.82, 2.24) is 15.6 Å². The van der Waals surface area contributed by atoms with Crippen molar-refractivity contribution < 1.29 is 9.53 Å². The molecule has 0 aliphatic carbocycles. The molecule has 2 N–H and O–H groups in total. The van der Waals surface area contributed by atoms with Crippen molar-refractivity contribution >= 4 is 33.3 Å². The monoisotopic (exact) mass is 423 g/mol. The van der Waals surface area contributed by atoms with Gasteiger partial charge in [-0.25, -0.2) is 9.78 Å². The van der Waals surface area contributed by atoms with Crippen LogP contribution in [0, 0.1) is 0 Å². The summed E-state index contributed by atoms with van der Waals surface area (Å²) in [7, 11) is 0. The van der Waals surface area contributed by atoms with E-state index < -0.39 is 0 Å². The fourth-order valence-electron chi connectivity index (χ4n) is 2.63. The van der Waals surface area contributed by atoms with Crippen molar-refractivity contribution in [2.24, 2.45) is 0 Å². The number of rotatable bonds is 3. The molecule has 2 amide bonds. The highest BCUT2D eigenvalue weighted by Crippen LogP contribution is 2.34. The first kappa shape index (κ1) is 18.2. The third-order valence-electron chi connectivity index (χ3n) is 3.94. The van der Waals surface area contributed by atoms with E-state index in [9.17, 15) is 4.79 Å². The van der Waals surface area contributed by atoms with Gasteiger partial charge in [-0.2, -0.15) is 0 Å². The minimum atomic E-state index is -0.192. The molecule has 0 radical (unpaired) electrons. The summed E-state index contributed by atoms with van der Waals surface area (Å²) in [5.41, 5.74) is 1.92. The van der Waals surface area contributed by atoms with Crippen LogP contribution in [0.4, 0.5) is 4.79 Å². The zero-order chi connectivity index (χ0) is 18.0. The predicted octanol–water partition coefficient (Wildman–Crippen LogP) is 4.53. The lowest BCUT2D eigenvalue weighted by molar-refractivity contribution is 0.223. The Morgan fingerprint density at radius 2 is 2.24 bits per heavy atom. The Bertz CT molecular complexity index is 770. The lowest BCUT2D eigenvalue weighted by Crippen LogP contribution is -2.39. The number of thiazole rings is 1. The Labute approximate surface area is 160 Å². The number of aromatic nitrogens is 1. The standard InChI is InChI=1S/C18H22BrN3O2S/c1-18(2,3)16-21-12(10-25-16)9-20-17(23)22-14-6-7-24-15-5-4-11(19)8-13(14)15/h4-5,8,10,14H,6-7,9H2,1-3H3,(H2,20,22,23). The van der Waals surface area contributed by atoms with Crippen LogP contribution in [-0.4, -0.2) is 17.6 Å². The highest BCUT2D eigenvalue weighted by Gasteiger charge is 2.23. The number of benzene rings is 1. The molecule has 2 aromatic rings. The molecule has 5 nitrogen and oxygen atoms in total. The van der Waals surface area contributed by atoms with Crippen LogP contribution in [0.1, 0.15) is 49.5 Å². The largest absolute Gasteiger partial charge is 0.493 e. The summed E-state index contributed by atoms with van der Waals surface area (Å²) in [6.07, 6.45) is 0.752. The summed E-state index contributed by atoms with van der Waals surface area (Å²) < 4.78 is 6.63. The van der Waals surface area contributed by atoms with Crippen molar-refractivity contribution in [2.45, 2.75) is 45.2 Å². The van der Waals surface area contributed by atoms with E-state index in [1.807, 2.05) is 23.6 Å². The first-order valence-corrected chi connectivity index (χ1v) is 9.92. The molecule has 0 saturated carbocycles. The lowest BCUT2D eigenvalue weighted by Gasteiger charge is -2.27. The van der Waals surface area contributed by atoms with Gasteiger partial charge >= 0.3 is 6.03 Å². The van der Waals surface area contributed by atoms with Crippen LogP contribution in [0.3, 0.4) is 0 Å². The van der Waals surface area contributed by atoms with Gasteiger partial charge in [0.15, 0.2) is 0 Å². The molecule has 1 aromatic carbocycles. The second kappa shape index (κ2) is 7.33. The summed E-state index contributed by atoms with van der Waals surface area (Å²) in [6.45, 7) is 7.43. The van der Waals surface area contributed by atoms with E-state index >= 15 is 0 Å². The maximum absolute atomic E-state index is 12.3. The normalized spacial score (nSPS) is 16.7. The van der Waals surface area contributed by atoms with Crippen molar-refractivity contribution in [3.05, 3.63) is 44.3 Å². The van der Waals surface area contributed by atoms with Gasteiger partial charge in [0, 0.05) is 27.3 Å². The van der Waals surface area contributed by atoms with Crippen LogP contribution in [0.2, 0.25) is 0 Å². The average molecular weight is 424 g/mol. The number of hydrogen-bond donors (Lipinski definition) is 2. The molecule has 0 bridgehead atoms. The van der Waals surface area contributed by atoms with E-state index in [1.54, 1.807) is 11.3 Å². The predicted molar refractivity (Wildman–Crippen MR) is 103 cm³/mol. The van der Waals surface area contributed by atoms with Crippen molar-refractivity contribution in [3.8, 4) is 5.75 Å². The Morgan fingerprint density at radius 3 is 2.96 bits per heavy atom. The van der Waals surface area contributed by atoms with Crippen LogP contribution in [0.15, 0.2) is 28.1 Å². The van der Waals surface area contributed by atoms with E-state index in [-0.39, 0.29) is 17.5 Å². The minimum absolute atomic E-state index is 0.0321. The number of carbonyl (C=O) groups excluding carboxylic acids is 1. The van der Waals surface area contributed by atoms with Crippen LogP contribution in [-0.2, 0) is 12.0 Å². The number of amides is 2. The van der Waals surface area contributed by atoms with Crippen LogP contribution < -0.4 is 15.4 Å². The summed E-state index contributed by atoms with van der Waals surface area (Å²) in [6, 6.07) is 5.62. The number of urea groups is 1. The van der Waals surface area contributed by atoms with Crippen molar-refractivity contribution in [1.29, 1.82) is 0 Å². The summed E-state index contributed by atoms with van der Waals surface area (Å²) in [5, 5.41) is 9.01. The topological polar surface area (TPSA) is 63.2 Å². The summed E-state index contributed by atoms with van der Waals surface area (Å²) in [4.78, 5) is 16.9. The number of ether oxygens (including phenoxy) is 1. The molecule has 1 aliphatic rings. The molecule has 3 rings (SSSR count). The van der Waals surface area contributed by atoms with Gasteiger partial charge < -0.3 is 15.4 Å². The number of nitrogens with one attached hydrogen (secondary N) is 2. The SMILES string of the molecule is CC(C)(C)c1nc(CNC(=O)NC2CCOc3ccc(Br)cc32)cs1. The molecule has 0 fully saturated rings. The number of fused-ring (bicyclic) bond motifs is 1. The van der Waals surface area contributed by atoms with Gasteiger partial charge in [-0.3, -0.25) is 0 Å². The molecule has 134 valence electrons. The minimum Gasteiger partial charge on any atom is -0.493 e. The van der Waals surface area contributed by atoms with Gasteiger partial charge in [-0.05, 0) is 18.2 Å². The van der Waals surface area contributed by atoms with Gasteiger partial charge in [0.05, 0.1) is 29.9 Å². The van der Waals surface area contributed by atoms with E-state index in [4.69, 9.17) is 4.74 Å².